The molecule has 0 radical (unpaired) electrons. The fourth-order valence-corrected chi connectivity index (χ4v) is 3.36. The molecule has 1 aliphatic rings. The van der Waals surface area contributed by atoms with E-state index in [9.17, 15) is 4.79 Å². The smallest absolute Gasteiger partial charge is 0.280 e. The van der Waals surface area contributed by atoms with E-state index in [1.807, 2.05) is 75.4 Å². The third kappa shape index (κ3) is 2.97. The van der Waals surface area contributed by atoms with Crippen LogP contribution in [0.25, 0.3) is 11.9 Å². The van der Waals surface area contributed by atoms with Gasteiger partial charge in [0, 0.05) is 17.6 Å². The number of amides is 1. The van der Waals surface area contributed by atoms with Crippen LogP contribution in [0.1, 0.15) is 23.9 Å². The molecule has 0 bridgehead atoms. The molecule has 3 aromatic rings. The second-order valence-corrected chi connectivity index (χ2v) is 6.55. The number of nitrogens with zero attached hydrogens (tertiary/aromatic N) is 4. The zero-order valence-electron chi connectivity index (χ0n) is 15.5. The fraction of sp³-hybridized carbons (Fsp3) is 0.136. The van der Waals surface area contributed by atoms with Crippen LogP contribution in [0.4, 0.5) is 5.69 Å². The summed E-state index contributed by atoms with van der Waals surface area (Å²) in [6.45, 7) is 5.94. The van der Waals surface area contributed by atoms with Crippen LogP contribution in [0.5, 0.6) is 0 Å². The van der Waals surface area contributed by atoms with E-state index in [1.54, 1.807) is 6.20 Å². The van der Waals surface area contributed by atoms with Crippen molar-refractivity contribution < 1.29 is 4.79 Å². The van der Waals surface area contributed by atoms with Gasteiger partial charge >= 0.3 is 0 Å². The average Bonchev–Trinajstić information content (AvgIpc) is 3.13. The van der Waals surface area contributed by atoms with Crippen molar-refractivity contribution in [2.45, 2.75) is 20.8 Å². The van der Waals surface area contributed by atoms with Gasteiger partial charge in [-0.3, -0.25) is 4.79 Å². The number of pyridine rings is 1. The van der Waals surface area contributed by atoms with Crippen LogP contribution in [-0.4, -0.2) is 21.2 Å². The summed E-state index contributed by atoms with van der Waals surface area (Å²) in [4.78, 5) is 17.4. The van der Waals surface area contributed by atoms with Crippen molar-refractivity contribution in [1.29, 1.82) is 0 Å². The highest BCUT2D eigenvalue weighted by Crippen LogP contribution is 2.27. The molecular formula is C22H20N4O. The van der Waals surface area contributed by atoms with Crippen LogP contribution < -0.4 is 5.01 Å². The SMILES string of the molecule is CC1=NN(c2ccccc2)C(=O)/C1=C\c1cc(C)n(-c2ccccn2)c1C. The number of hydrogen-bond acceptors (Lipinski definition) is 3. The Morgan fingerprint density at radius 1 is 0.963 bits per heavy atom. The molecule has 0 saturated carbocycles. The van der Waals surface area contributed by atoms with Crippen molar-refractivity contribution in [3.63, 3.8) is 0 Å². The minimum atomic E-state index is -0.110. The van der Waals surface area contributed by atoms with Crippen molar-refractivity contribution in [2.24, 2.45) is 5.10 Å². The van der Waals surface area contributed by atoms with E-state index in [0.29, 0.717) is 11.3 Å². The predicted octanol–water partition coefficient (Wildman–Crippen LogP) is 4.30. The highest BCUT2D eigenvalue weighted by atomic mass is 16.2. The maximum absolute atomic E-state index is 12.9. The number of aryl methyl sites for hydroxylation is 1. The Hall–Kier alpha value is -3.47. The van der Waals surface area contributed by atoms with Gasteiger partial charge in [-0.1, -0.05) is 24.3 Å². The van der Waals surface area contributed by atoms with Crippen molar-refractivity contribution in [3.8, 4) is 5.82 Å². The molecule has 0 saturated heterocycles. The number of para-hydroxylation sites is 1. The molecule has 1 aromatic carbocycles. The zero-order chi connectivity index (χ0) is 19.0. The average molecular weight is 356 g/mol. The summed E-state index contributed by atoms with van der Waals surface area (Å²) in [5, 5.41) is 5.90. The molecule has 2 aromatic heterocycles. The molecule has 134 valence electrons. The first kappa shape index (κ1) is 17.0. The first-order valence-electron chi connectivity index (χ1n) is 8.83. The Morgan fingerprint density at radius 2 is 1.70 bits per heavy atom. The summed E-state index contributed by atoms with van der Waals surface area (Å²) in [6, 6.07) is 17.4. The molecule has 0 aliphatic carbocycles. The zero-order valence-corrected chi connectivity index (χ0v) is 15.5. The van der Waals surface area contributed by atoms with E-state index in [2.05, 4.69) is 20.7 Å². The molecule has 0 N–H and O–H groups in total. The molecule has 0 unspecified atom stereocenters. The summed E-state index contributed by atoms with van der Waals surface area (Å²) in [5.74, 6) is 0.757. The number of carbonyl (C=O) groups is 1. The molecular weight excluding hydrogens is 336 g/mol. The van der Waals surface area contributed by atoms with Gasteiger partial charge in [0.2, 0.25) is 0 Å². The molecule has 0 spiro atoms. The number of anilines is 1. The minimum Gasteiger partial charge on any atom is -0.303 e. The Kier molecular flexibility index (Phi) is 4.20. The normalized spacial score (nSPS) is 15.5. The van der Waals surface area contributed by atoms with Crippen molar-refractivity contribution >= 4 is 23.4 Å². The van der Waals surface area contributed by atoms with Gasteiger partial charge in [-0.15, -0.1) is 0 Å². The fourth-order valence-electron chi connectivity index (χ4n) is 3.36. The Bertz CT molecular complexity index is 1060. The van der Waals surface area contributed by atoms with Gasteiger partial charge in [0.05, 0.1) is 17.0 Å². The van der Waals surface area contributed by atoms with Gasteiger partial charge in [0.15, 0.2) is 0 Å². The van der Waals surface area contributed by atoms with Gasteiger partial charge in [-0.2, -0.15) is 10.1 Å². The number of hydrazone groups is 1. The summed E-state index contributed by atoms with van der Waals surface area (Å²) in [5.41, 5.74) is 5.19. The van der Waals surface area contributed by atoms with E-state index in [4.69, 9.17) is 0 Å². The Labute approximate surface area is 158 Å². The predicted molar refractivity (Wildman–Crippen MR) is 108 cm³/mol. The molecule has 27 heavy (non-hydrogen) atoms. The van der Waals surface area contributed by atoms with Crippen molar-refractivity contribution in [2.75, 3.05) is 5.01 Å². The summed E-state index contributed by atoms with van der Waals surface area (Å²) >= 11 is 0. The summed E-state index contributed by atoms with van der Waals surface area (Å²) in [7, 11) is 0. The van der Waals surface area contributed by atoms with Gasteiger partial charge in [-0.05, 0) is 62.7 Å². The quantitative estimate of drug-likeness (QED) is 0.657. The van der Waals surface area contributed by atoms with E-state index < -0.39 is 0 Å². The lowest BCUT2D eigenvalue weighted by Gasteiger charge is -2.11. The molecule has 0 fully saturated rings. The van der Waals surface area contributed by atoms with E-state index >= 15 is 0 Å². The lowest BCUT2D eigenvalue weighted by atomic mass is 10.1. The van der Waals surface area contributed by atoms with Crippen molar-refractivity contribution in [3.05, 3.63) is 83.3 Å². The summed E-state index contributed by atoms with van der Waals surface area (Å²) in [6.07, 6.45) is 3.70. The highest BCUT2D eigenvalue weighted by Gasteiger charge is 2.29. The monoisotopic (exact) mass is 356 g/mol. The first-order chi connectivity index (χ1) is 13.1. The van der Waals surface area contributed by atoms with Gasteiger partial charge in [0.25, 0.3) is 5.91 Å². The number of benzene rings is 1. The molecule has 3 heterocycles. The third-order valence-electron chi connectivity index (χ3n) is 4.71. The van der Waals surface area contributed by atoms with Gasteiger partial charge < -0.3 is 4.57 Å². The maximum Gasteiger partial charge on any atom is 0.280 e. The van der Waals surface area contributed by atoms with Crippen LogP contribution in [0, 0.1) is 13.8 Å². The van der Waals surface area contributed by atoms with Crippen LogP contribution in [0.2, 0.25) is 0 Å². The molecule has 1 amide bonds. The number of carbonyl (C=O) groups excluding carboxylic acids is 1. The topological polar surface area (TPSA) is 50.5 Å². The summed E-state index contributed by atoms with van der Waals surface area (Å²) < 4.78 is 2.09. The maximum atomic E-state index is 12.9. The molecule has 5 nitrogen and oxygen atoms in total. The Balaban J connectivity index is 1.73. The van der Waals surface area contributed by atoms with Gasteiger partial charge in [0.1, 0.15) is 5.82 Å². The highest BCUT2D eigenvalue weighted by molar-refractivity contribution is 6.32. The van der Waals surface area contributed by atoms with E-state index in [1.165, 1.54) is 5.01 Å². The minimum absolute atomic E-state index is 0.110. The van der Waals surface area contributed by atoms with Crippen LogP contribution in [0.15, 0.2) is 71.5 Å². The number of rotatable bonds is 3. The van der Waals surface area contributed by atoms with E-state index in [-0.39, 0.29) is 5.91 Å². The molecule has 1 aliphatic heterocycles. The van der Waals surface area contributed by atoms with Gasteiger partial charge in [-0.25, -0.2) is 4.98 Å². The Morgan fingerprint density at radius 3 is 2.41 bits per heavy atom. The van der Waals surface area contributed by atoms with Crippen LogP contribution >= 0.6 is 0 Å². The third-order valence-corrected chi connectivity index (χ3v) is 4.71. The molecule has 5 heteroatoms. The van der Waals surface area contributed by atoms with E-state index in [0.717, 1.165) is 28.5 Å². The number of aromatic nitrogens is 2. The molecule has 0 atom stereocenters. The lowest BCUT2D eigenvalue weighted by Crippen LogP contribution is -2.21. The lowest BCUT2D eigenvalue weighted by molar-refractivity contribution is -0.114. The van der Waals surface area contributed by atoms with Crippen LogP contribution in [0.3, 0.4) is 0 Å². The molecule has 4 rings (SSSR count). The van der Waals surface area contributed by atoms with Crippen LogP contribution in [-0.2, 0) is 4.79 Å². The largest absolute Gasteiger partial charge is 0.303 e. The standard InChI is InChI=1S/C22H20N4O/c1-15-13-18(17(3)25(15)21-11-7-8-12-23-21)14-20-16(2)24-26(22(20)27)19-9-5-4-6-10-19/h4-14H,1-3H3/b20-14-. The second-order valence-electron chi connectivity index (χ2n) is 6.55. The van der Waals surface area contributed by atoms with Crippen molar-refractivity contribution in [1.82, 2.24) is 9.55 Å². The first-order valence-corrected chi connectivity index (χ1v) is 8.83. The number of hydrogen-bond donors (Lipinski definition) is 0. The second kappa shape index (κ2) is 6.68.